The van der Waals surface area contributed by atoms with Crippen LogP contribution in [0.15, 0.2) is 16.6 Å². The van der Waals surface area contributed by atoms with Crippen LogP contribution in [-0.2, 0) is 11.2 Å². The number of ketones is 1. The number of carbonyl (C=O) groups excluding carboxylic acids is 1. The second kappa shape index (κ2) is 5.63. The van der Waals surface area contributed by atoms with Gasteiger partial charge < -0.3 is 5.32 Å². The van der Waals surface area contributed by atoms with Gasteiger partial charge in [0.25, 0.3) is 5.69 Å². The van der Waals surface area contributed by atoms with E-state index < -0.39 is 22.8 Å². The Morgan fingerprint density at radius 2 is 2.10 bits per heavy atom. The zero-order valence-corrected chi connectivity index (χ0v) is 12.1. The van der Waals surface area contributed by atoms with Crippen LogP contribution in [0.5, 0.6) is 0 Å². The predicted octanol–water partition coefficient (Wildman–Crippen LogP) is 3.46. The fourth-order valence-electron chi connectivity index (χ4n) is 2.25. The smallest absolute Gasteiger partial charge is 0.384 e. The van der Waals surface area contributed by atoms with Crippen LogP contribution in [0.25, 0.3) is 0 Å². The van der Waals surface area contributed by atoms with Crippen LogP contribution in [-0.4, -0.2) is 23.4 Å². The molecule has 1 N–H and O–H groups in total. The van der Waals surface area contributed by atoms with E-state index in [1.165, 1.54) is 12.1 Å². The van der Waals surface area contributed by atoms with Gasteiger partial charge in [0.2, 0.25) is 5.78 Å². The summed E-state index contributed by atoms with van der Waals surface area (Å²) in [5.74, 6) is -2.96. The van der Waals surface area contributed by atoms with Crippen molar-refractivity contribution < 1.29 is 22.9 Å². The predicted molar refractivity (Wildman–Crippen MR) is 72.2 cm³/mol. The molecule has 21 heavy (non-hydrogen) atoms. The van der Waals surface area contributed by atoms with E-state index in [9.17, 15) is 28.1 Å². The molecule has 1 aliphatic heterocycles. The van der Waals surface area contributed by atoms with E-state index in [2.05, 4.69) is 21.2 Å². The number of hydrogen-bond acceptors (Lipinski definition) is 4. The molecule has 1 aromatic rings. The van der Waals surface area contributed by atoms with Crippen LogP contribution < -0.4 is 5.32 Å². The van der Waals surface area contributed by atoms with E-state index in [1.807, 2.05) is 0 Å². The fraction of sp³-hybridized carbons (Fsp3) is 0.417. The summed E-state index contributed by atoms with van der Waals surface area (Å²) in [5, 5.41) is 13.5. The van der Waals surface area contributed by atoms with Crippen molar-refractivity contribution in [1.82, 2.24) is 0 Å². The lowest BCUT2D eigenvalue weighted by Gasteiger charge is -2.15. The highest BCUT2D eigenvalue weighted by Gasteiger charge is 2.43. The number of hydrogen-bond donors (Lipinski definition) is 1. The molecule has 1 aromatic carbocycles. The van der Waals surface area contributed by atoms with Crippen LogP contribution in [0.2, 0.25) is 0 Å². The Morgan fingerprint density at radius 3 is 2.67 bits per heavy atom. The Morgan fingerprint density at radius 1 is 1.43 bits per heavy atom. The second-order valence-electron chi connectivity index (χ2n) is 4.69. The van der Waals surface area contributed by atoms with Crippen molar-refractivity contribution in [3.8, 4) is 0 Å². The highest BCUT2D eigenvalue weighted by molar-refractivity contribution is 9.10. The molecule has 0 amide bonds. The lowest BCUT2D eigenvalue weighted by molar-refractivity contribution is -0.384. The summed E-state index contributed by atoms with van der Waals surface area (Å²) in [6, 6.07) is 2.56. The summed E-state index contributed by atoms with van der Waals surface area (Å²) in [4.78, 5) is 21.5. The number of nitro benzene ring substituents is 1. The summed E-state index contributed by atoms with van der Waals surface area (Å²) < 4.78 is 37.8. The van der Waals surface area contributed by atoms with Gasteiger partial charge in [-0.2, -0.15) is 13.2 Å². The SMILES string of the molecule is O=C(C1CCc2c(Br)cc([N+](=O)[O-])cc2NC1)C(F)(F)F. The van der Waals surface area contributed by atoms with Crippen LogP contribution in [0.4, 0.5) is 24.5 Å². The van der Waals surface area contributed by atoms with Gasteiger partial charge in [0, 0.05) is 34.8 Å². The number of nitrogens with one attached hydrogen (secondary N) is 1. The largest absolute Gasteiger partial charge is 0.450 e. The number of nitro groups is 1. The molecule has 1 heterocycles. The lowest BCUT2D eigenvalue weighted by Crippen LogP contribution is -2.34. The highest BCUT2D eigenvalue weighted by atomic mass is 79.9. The zero-order valence-electron chi connectivity index (χ0n) is 10.5. The summed E-state index contributed by atoms with van der Waals surface area (Å²) in [6.07, 6.45) is -4.60. The van der Waals surface area contributed by atoms with Crippen LogP contribution >= 0.6 is 15.9 Å². The summed E-state index contributed by atoms with van der Waals surface area (Å²) in [7, 11) is 0. The third-order valence-corrected chi connectivity index (χ3v) is 4.03. The van der Waals surface area contributed by atoms with Crippen molar-refractivity contribution in [2.45, 2.75) is 19.0 Å². The first-order valence-corrected chi connectivity index (χ1v) is 6.81. The van der Waals surface area contributed by atoms with Gasteiger partial charge in [0.1, 0.15) is 0 Å². The number of benzene rings is 1. The van der Waals surface area contributed by atoms with E-state index in [1.54, 1.807) is 0 Å². The van der Waals surface area contributed by atoms with Crippen molar-refractivity contribution in [2.24, 2.45) is 5.92 Å². The Hall–Kier alpha value is -1.64. The maximum atomic E-state index is 12.5. The van der Waals surface area contributed by atoms with E-state index in [0.29, 0.717) is 15.7 Å². The Balaban J connectivity index is 2.27. The van der Waals surface area contributed by atoms with E-state index in [0.717, 1.165) is 0 Å². The molecule has 0 aliphatic carbocycles. The molecule has 0 saturated carbocycles. The van der Waals surface area contributed by atoms with Gasteiger partial charge in [-0.25, -0.2) is 0 Å². The Kier molecular flexibility index (Phi) is 4.22. The Labute approximate surface area is 125 Å². The first kappa shape index (κ1) is 15.7. The van der Waals surface area contributed by atoms with Crippen molar-refractivity contribution in [1.29, 1.82) is 0 Å². The normalized spacial score (nSPS) is 18.4. The molecule has 0 fully saturated rings. The topological polar surface area (TPSA) is 72.2 Å². The number of halogens is 4. The third-order valence-electron chi connectivity index (χ3n) is 3.32. The van der Waals surface area contributed by atoms with E-state index in [4.69, 9.17) is 0 Å². The summed E-state index contributed by atoms with van der Waals surface area (Å²) in [6.45, 7) is -0.195. The molecule has 114 valence electrons. The van der Waals surface area contributed by atoms with E-state index in [-0.39, 0.29) is 25.1 Å². The molecule has 2 rings (SSSR count). The minimum atomic E-state index is -4.87. The monoisotopic (exact) mass is 366 g/mol. The highest BCUT2D eigenvalue weighted by Crippen LogP contribution is 2.35. The van der Waals surface area contributed by atoms with Crippen molar-refractivity contribution >= 4 is 33.1 Å². The lowest BCUT2D eigenvalue weighted by atomic mass is 9.96. The molecule has 9 heteroatoms. The number of rotatable bonds is 2. The first-order chi connectivity index (χ1) is 9.70. The maximum absolute atomic E-state index is 12.5. The Bertz CT molecular complexity index is 604. The van der Waals surface area contributed by atoms with Crippen LogP contribution in [0.1, 0.15) is 12.0 Å². The number of fused-ring (bicyclic) bond motifs is 1. The number of alkyl halides is 3. The molecule has 0 aromatic heterocycles. The molecular formula is C12H10BrF3N2O3. The van der Waals surface area contributed by atoms with Gasteiger partial charge in [-0.3, -0.25) is 14.9 Å². The second-order valence-corrected chi connectivity index (χ2v) is 5.54. The average molecular weight is 367 g/mol. The minimum absolute atomic E-state index is 0.0365. The van der Waals surface area contributed by atoms with Gasteiger partial charge in [0.05, 0.1) is 4.92 Å². The quantitative estimate of drug-likeness (QED) is 0.642. The van der Waals surface area contributed by atoms with Crippen molar-refractivity contribution in [2.75, 3.05) is 11.9 Å². The van der Waals surface area contributed by atoms with Gasteiger partial charge >= 0.3 is 6.18 Å². The number of nitrogens with zero attached hydrogens (tertiary/aromatic N) is 1. The fourth-order valence-corrected chi connectivity index (χ4v) is 2.89. The number of Topliss-reactive ketones (excluding diaryl/α,β-unsaturated/α-hetero) is 1. The molecule has 0 saturated heterocycles. The number of carbonyl (C=O) groups is 1. The summed E-state index contributed by atoms with van der Waals surface area (Å²) in [5.41, 5.74) is 0.848. The molecule has 0 spiro atoms. The average Bonchev–Trinajstić information content (AvgIpc) is 2.59. The zero-order chi connectivity index (χ0) is 15.8. The molecule has 0 radical (unpaired) electrons. The van der Waals surface area contributed by atoms with Gasteiger partial charge in [-0.1, -0.05) is 15.9 Å². The molecule has 0 bridgehead atoms. The first-order valence-electron chi connectivity index (χ1n) is 6.02. The molecule has 1 atom stereocenters. The minimum Gasteiger partial charge on any atom is -0.384 e. The van der Waals surface area contributed by atoms with Crippen LogP contribution in [0, 0.1) is 16.0 Å². The third kappa shape index (κ3) is 3.34. The van der Waals surface area contributed by atoms with Gasteiger partial charge in [-0.05, 0) is 18.4 Å². The van der Waals surface area contributed by atoms with Crippen LogP contribution in [0.3, 0.4) is 0 Å². The molecule has 1 aliphatic rings. The number of anilines is 1. The maximum Gasteiger partial charge on any atom is 0.450 e. The van der Waals surface area contributed by atoms with Crippen molar-refractivity contribution in [3.05, 3.63) is 32.3 Å². The van der Waals surface area contributed by atoms with E-state index >= 15 is 0 Å². The molecular weight excluding hydrogens is 357 g/mol. The molecule has 1 unspecified atom stereocenters. The number of non-ortho nitro benzene ring substituents is 1. The standard InChI is InChI=1S/C12H10BrF3N2O3/c13-9-3-7(18(20)21)4-10-8(9)2-1-6(5-17-10)11(19)12(14,15)16/h3-4,6,17H,1-2,5H2. The summed E-state index contributed by atoms with van der Waals surface area (Å²) >= 11 is 3.18. The van der Waals surface area contributed by atoms with Gasteiger partial charge in [0.15, 0.2) is 0 Å². The van der Waals surface area contributed by atoms with Gasteiger partial charge in [-0.15, -0.1) is 0 Å². The molecule has 5 nitrogen and oxygen atoms in total. The van der Waals surface area contributed by atoms with Crippen molar-refractivity contribution in [3.63, 3.8) is 0 Å².